The zero-order valence-electron chi connectivity index (χ0n) is 16.7. The van der Waals surface area contributed by atoms with Gasteiger partial charge >= 0.3 is 0 Å². The van der Waals surface area contributed by atoms with Crippen molar-refractivity contribution in [3.05, 3.63) is 83.6 Å². The zero-order chi connectivity index (χ0) is 22.1. The van der Waals surface area contributed by atoms with Gasteiger partial charge in [-0.2, -0.15) is 0 Å². The summed E-state index contributed by atoms with van der Waals surface area (Å²) in [5.41, 5.74) is 3.25. The first kappa shape index (κ1) is 19.8. The highest BCUT2D eigenvalue weighted by atomic mass is 19.1. The maximum absolute atomic E-state index is 13.9. The number of benzene rings is 1. The lowest BCUT2D eigenvalue weighted by Gasteiger charge is -2.11. The van der Waals surface area contributed by atoms with Crippen LogP contribution >= 0.6 is 0 Å². The number of carbonyl (C=O) groups excluding carboxylic acids is 1. The van der Waals surface area contributed by atoms with Gasteiger partial charge in [0.2, 0.25) is 5.95 Å². The molecule has 1 aliphatic rings. The van der Waals surface area contributed by atoms with Crippen molar-refractivity contribution in [1.29, 1.82) is 0 Å². The quantitative estimate of drug-likeness (QED) is 0.528. The second-order valence-corrected chi connectivity index (χ2v) is 7.27. The summed E-state index contributed by atoms with van der Waals surface area (Å²) in [7, 11) is 0. The van der Waals surface area contributed by atoms with Gasteiger partial charge in [0.05, 0.1) is 11.4 Å². The van der Waals surface area contributed by atoms with Crippen LogP contribution in [-0.4, -0.2) is 30.8 Å². The largest absolute Gasteiger partial charge is 0.290 e. The normalized spacial score (nSPS) is 12.4. The number of aryl methyl sites for hydroxylation is 2. The summed E-state index contributed by atoms with van der Waals surface area (Å²) < 4.78 is 27.8. The van der Waals surface area contributed by atoms with E-state index in [0.29, 0.717) is 17.9 Å². The van der Waals surface area contributed by atoms with Crippen LogP contribution in [0.2, 0.25) is 0 Å². The Hall–Kier alpha value is -4.14. The number of fused-ring (bicyclic) bond motifs is 3. The molecule has 0 fully saturated rings. The van der Waals surface area contributed by atoms with E-state index in [1.807, 2.05) is 12.1 Å². The number of amides is 1. The van der Waals surface area contributed by atoms with Crippen LogP contribution in [0.5, 0.6) is 0 Å². The van der Waals surface area contributed by atoms with E-state index in [-0.39, 0.29) is 5.95 Å². The molecule has 0 unspecified atom stereocenters. The van der Waals surface area contributed by atoms with Crippen LogP contribution in [-0.2, 0) is 12.8 Å². The molecule has 7 nitrogen and oxygen atoms in total. The first-order chi connectivity index (χ1) is 15.6. The molecule has 0 aliphatic heterocycles. The van der Waals surface area contributed by atoms with Gasteiger partial charge in [-0.1, -0.05) is 6.07 Å². The summed E-state index contributed by atoms with van der Waals surface area (Å²) in [6.45, 7) is 0. The van der Waals surface area contributed by atoms with Crippen molar-refractivity contribution in [1.82, 2.24) is 24.9 Å². The summed E-state index contributed by atoms with van der Waals surface area (Å²) in [4.78, 5) is 34.3. The second-order valence-electron chi connectivity index (χ2n) is 7.27. The molecule has 158 valence electrons. The number of anilines is 1. The Morgan fingerprint density at radius 3 is 2.56 bits per heavy atom. The van der Waals surface area contributed by atoms with Crippen LogP contribution in [0.15, 0.2) is 55.1 Å². The summed E-state index contributed by atoms with van der Waals surface area (Å²) in [5, 5.41) is 2.39. The number of rotatable bonds is 3. The van der Waals surface area contributed by atoms with E-state index >= 15 is 0 Å². The van der Waals surface area contributed by atoms with Crippen molar-refractivity contribution >= 4 is 11.9 Å². The van der Waals surface area contributed by atoms with Gasteiger partial charge in [0.1, 0.15) is 17.2 Å². The Kier molecular flexibility index (Phi) is 5.06. The van der Waals surface area contributed by atoms with E-state index in [1.165, 1.54) is 6.07 Å². The smallest absolute Gasteiger partial charge is 0.263 e. The third kappa shape index (κ3) is 3.68. The Labute approximate surface area is 181 Å². The fourth-order valence-corrected chi connectivity index (χ4v) is 3.65. The monoisotopic (exact) mass is 430 g/mol. The van der Waals surface area contributed by atoms with Crippen molar-refractivity contribution in [2.45, 2.75) is 19.3 Å². The molecule has 0 saturated heterocycles. The number of nitrogens with one attached hydrogen (secondary N) is 1. The Bertz CT molecular complexity index is 1310. The predicted molar refractivity (Wildman–Crippen MR) is 113 cm³/mol. The van der Waals surface area contributed by atoms with Crippen LogP contribution in [0.25, 0.3) is 22.6 Å². The maximum Gasteiger partial charge on any atom is 0.263 e. The van der Waals surface area contributed by atoms with Crippen LogP contribution in [0.1, 0.15) is 28.0 Å². The maximum atomic E-state index is 13.9. The van der Waals surface area contributed by atoms with Crippen molar-refractivity contribution in [2.75, 3.05) is 5.32 Å². The van der Waals surface area contributed by atoms with Crippen molar-refractivity contribution < 1.29 is 13.6 Å². The lowest BCUT2D eigenvalue weighted by atomic mass is 10.1. The molecule has 1 aromatic carbocycles. The van der Waals surface area contributed by atoms with Gasteiger partial charge in [-0.3, -0.25) is 15.1 Å². The first-order valence-electron chi connectivity index (χ1n) is 9.98. The highest BCUT2D eigenvalue weighted by Crippen LogP contribution is 2.31. The number of pyridine rings is 1. The molecule has 1 amide bonds. The van der Waals surface area contributed by atoms with Gasteiger partial charge in [-0.15, -0.1) is 0 Å². The van der Waals surface area contributed by atoms with Gasteiger partial charge in [0.15, 0.2) is 5.82 Å². The molecule has 0 saturated carbocycles. The van der Waals surface area contributed by atoms with Crippen molar-refractivity contribution in [3.8, 4) is 22.6 Å². The summed E-state index contributed by atoms with van der Waals surface area (Å²) in [6, 6.07) is 6.93. The number of nitrogens with zero attached hydrogens (tertiary/aromatic N) is 5. The van der Waals surface area contributed by atoms with E-state index in [2.05, 4.69) is 25.3 Å². The standard InChI is InChI=1S/C23H16F2N6O/c24-16-6-2-7-17(25)19(16)22(32)31-23-28-12-15-18(29-23)8-1-4-13-11-27-21(30-20(13)15)14-5-3-9-26-10-14/h2-3,5-7,9-12H,1,4,8H2,(H,28,29,31,32). The van der Waals surface area contributed by atoms with Crippen LogP contribution in [0, 0.1) is 11.6 Å². The number of halogens is 2. The molecular weight excluding hydrogens is 414 g/mol. The van der Waals surface area contributed by atoms with Gasteiger partial charge in [0.25, 0.3) is 5.91 Å². The Balaban J connectivity index is 1.50. The van der Waals surface area contributed by atoms with Crippen LogP contribution in [0.3, 0.4) is 0 Å². The first-order valence-corrected chi connectivity index (χ1v) is 9.98. The van der Waals surface area contributed by atoms with E-state index < -0.39 is 23.1 Å². The van der Waals surface area contributed by atoms with E-state index in [4.69, 9.17) is 4.98 Å². The molecule has 4 aromatic rings. The summed E-state index contributed by atoms with van der Waals surface area (Å²) in [5.74, 6) is -2.34. The molecular formula is C23H16F2N6O. The average molecular weight is 430 g/mol. The molecule has 0 bridgehead atoms. The molecule has 0 radical (unpaired) electrons. The molecule has 1 N–H and O–H groups in total. The molecule has 1 aliphatic carbocycles. The lowest BCUT2D eigenvalue weighted by Crippen LogP contribution is -2.18. The van der Waals surface area contributed by atoms with Gasteiger partial charge in [0, 0.05) is 35.9 Å². The van der Waals surface area contributed by atoms with E-state index in [1.54, 1.807) is 24.8 Å². The summed E-state index contributed by atoms with van der Waals surface area (Å²) in [6.07, 6.45) is 8.95. The highest BCUT2D eigenvalue weighted by molar-refractivity contribution is 6.03. The number of hydrogen-bond acceptors (Lipinski definition) is 6. The molecule has 5 rings (SSSR count). The molecule has 9 heteroatoms. The molecule has 3 aromatic heterocycles. The second kappa shape index (κ2) is 8.18. The lowest BCUT2D eigenvalue weighted by molar-refractivity contribution is 0.101. The fraction of sp³-hybridized carbons (Fsp3) is 0.130. The third-order valence-electron chi connectivity index (χ3n) is 5.18. The Morgan fingerprint density at radius 1 is 0.938 bits per heavy atom. The minimum Gasteiger partial charge on any atom is -0.290 e. The predicted octanol–water partition coefficient (Wildman–Crippen LogP) is 4.01. The molecule has 0 atom stereocenters. The summed E-state index contributed by atoms with van der Waals surface area (Å²) >= 11 is 0. The zero-order valence-corrected chi connectivity index (χ0v) is 16.7. The van der Waals surface area contributed by atoms with Gasteiger partial charge < -0.3 is 0 Å². The molecule has 3 heterocycles. The van der Waals surface area contributed by atoms with Crippen LogP contribution in [0.4, 0.5) is 14.7 Å². The number of hydrogen-bond donors (Lipinski definition) is 1. The SMILES string of the molecule is O=C(Nc1ncc2c(n1)CCCc1cnc(-c3cccnc3)nc1-2)c1c(F)cccc1F. The molecule has 0 spiro atoms. The number of aromatic nitrogens is 5. The van der Waals surface area contributed by atoms with Crippen molar-refractivity contribution in [3.63, 3.8) is 0 Å². The minimum absolute atomic E-state index is 0.0265. The van der Waals surface area contributed by atoms with E-state index in [9.17, 15) is 13.6 Å². The van der Waals surface area contributed by atoms with Crippen molar-refractivity contribution in [2.24, 2.45) is 0 Å². The highest BCUT2D eigenvalue weighted by Gasteiger charge is 2.22. The topological polar surface area (TPSA) is 93.6 Å². The third-order valence-corrected chi connectivity index (χ3v) is 5.18. The van der Waals surface area contributed by atoms with E-state index in [0.717, 1.165) is 47.4 Å². The minimum atomic E-state index is -0.953. The number of carbonyl (C=O) groups is 1. The Morgan fingerprint density at radius 2 is 1.78 bits per heavy atom. The van der Waals surface area contributed by atoms with Gasteiger partial charge in [-0.05, 0) is 49.1 Å². The fourth-order valence-electron chi connectivity index (χ4n) is 3.65. The van der Waals surface area contributed by atoms with Gasteiger partial charge in [-0.25, -0.2) is 28.7 Å². The van der Waals surface area contributed by atoms with Crippen LogP contribution < -0.4 is 5.32 Å². The molecule has 32 heavy (non-hydrogen) atoms. The average Bonchev–Trinajstić information content (AvgIpc) is 2.98.